The van der Waals surface area contributed by atoms with Crippen LogP contribution < -0.4 is 0 Å². The topological polar surface area (TPSA) is 17.1 Å². The Morgan fingerprint density at radius 2 is 2.25 bits per heavy atom. The molecule has 0 fully saturated rings. The van der Waals surface area contributed by atoms with Gasteiger partial charge in [0.2, 0.25) is 0 Å². The van der Waals surface area contributed by atoms with Crippen molar-refractivity contribution in [1.82, 2.24) is 0 Å². The zero-order valence-electron chi connectivity index (χ0n) is 7.84. The van der Waals surface area contributed by atoms with E-state index < -0.39 is 0 Å². The lowest BCUT2D eigenvalue weighted by Crippen LogP contribution is -2.26. The number of allylic oxidation sites excluding steroid dienone is 4. The van der Waals surface area contributed by atoms with Crippen molar-refractivity contribution in [2.45, 2.75) is 33.1 Å². The van der Waals surface area contributed by atoms with Crippen LogP contribution in [0.3, 0.4) is 0 Å². The Kier molecular flexibility index (Phi) is 2.85. The molecule has 1 rings (SSSR count). The maximum Gasteiger partial charge on any atom is 0.161 e. The molecule has 0 aromatic carbocycles. The molecule has 1 unspecified atom stereocenters. The van der Waals surface area contributed by atoms with Gasteiger partial charge in [-0.15, -0.1) is 0 Å². The molecule has 66 valence electrons. The van der Waals surface area contributed by atoms with Gasteiger partial charge >= 0.3 is 0 Å². The second-order valence-corrected chi connectivity index (χ2v) is 3.64. The van der Waals surface area contributed by atoms with Gasteiger partial charge in [0.15, 0.2) is 5.78 Å². The van der Waals surface area contributed by atoms with E-state index in [-0.39, 0.29) is 11.2 Å². The number of ketones is 1. The Morgan fingerprint density at radius 3 is 2.75 bits per heavy atom. The van der Waals surface area contributed by atoms with Crippen LogP contribution in [0.25, 0.3) is 0 Å². The first-order valence-corrected chi connectivity index (χ1v) is 4.51. The summed E-state index contributed by atoms with van der Waals surface area (Å²) >= 11 is 0. The Balaban J connectivity index is 2.70. The molecule has 1 heteroatoms. The van der Waals surface area contributed by atoms with Crippen molar-refractivity contribution in [2.75, 3.05) is 0 Å². The molecule has 0 saturated carbocycles. The van der Waals surface area contributed by atoms with Gasteiger partial charge in [-0.3, -0.25) is 4.79 Å². The molecule has 0 radical (unpaired) electrons. The molecule has 0 bridgehead atoms. The first-order valence-electron chi connectivity index (χ1n) is 4.51. The molecule has 1 nitrogen and oxygen atoms in total. The normalized spacial score (nSPS) is 29.5. The third-order valence-corrected chi connectivity index (χ3v) is 2.51. The van der Waals surface area contributed by atoms with Gasteiger partial charge in [0.05, 0.1) is 0 Å². The second kappa shape index (κ2) is 3.70. The van der Waals surface area contributed by atoms with Crippen molar-refractivity contribution >= 4 is 5.78 Å². The highest BCUT2D eigenvalue weighted by Crippen LogP contribution is 2.33. The quantitative estimate of drug-likeness (QED) is 0.453. The van der Waals surface area contributed by atoms with Gasteiger partial charge in [-0.1, -0.05) is 25.2 Å². The lowest BCUT2D eigenvalue weighted by Gasteiger charge is -2.27. The highest BCUT2D eigenvalue weighted by atomic mass is 16.1. The standard InChI is InChI=1S/C11H16O/c1-3-7-10(12)11(2)8-5-4-6-9-11/h3-5,7H,6,8-9H2,1-2H3. The minimum atomic E-state index is -0.124. The van der Waals surface area contributed by atoms with Gasteiger partial charge < -0.3 is 0 Å². The summed E-state index contributed by atoms with van der Waals surface area (Å²) in [6, 6.07) is 0. The maximum absolute atomic E-state index is 11.6. The number of carbonyl (C=O) groups excluding carboxylic acids is 1. The summed E-state index contributed by atoms with van der Waals surface area (Å²) in [6.45, 7) is 3.94. The summed E-state index contributed by atoms with van der Waals surface area (Å²) in [6.07, 6.45) is 10.7. The summed E-state index contributed by atoms with van der Waals surface area (Å²) in [5.74, 6) is 0.273. The van der Waals surface area contributed by atoms with Crippen LogP contribution >= 0.6 is 0 Å². The Labute approximate surface area is 74.2 Å². The van der Waals surface area contributed by atoms with E-state index in [2.05, 4.69) is 19.1 Å². The molecule has 1 atom stereocenters. The van der Waals surface area contributed by atoms with E-state index in [4.69, 9.17) is 0 Å². The van der Waals surface area contributed by atoms with E-state index >= 15 is 0 Å². The average Bonchev–Trinajstić information content (AvgIpc) is 2.06. The summed E-state index contributed by atoms with van der Waals surface area (Å²) in [5.41, 5.74) is -0.124. The Morgan fingerprint density at radius 1 is 1.50 bits per heavy atom. The second-order valence-electron chi connectivity index (χ2n) is 3.64. The van der Waals surface area contributed by atoms with Crippen LogP contribution in [-0.4, -0.2) is 5.78 Å². The molecular weight excluding hydrogens is 148 g/mol. The molecule has 0 aromatic heterocycles. The monoisotopic (exact) mass is 164 g/mol. The first kappa shape index (κ1) is 9.24. The van der Waals surface area contributed by atoms with E-state index in [0.717, 1.165) is 19.3 Å². The largest absolute Gasteiger partial charge is 0.294 e. The van der Waals surface area contributed by atoms with Gasteiger partial charge in [-0.2, -0.15) is 0 Å². The molecule has 12 heavy (non-hydrogen) atoms. The van der Waals surface area contributed by atoms with E-state index in [9.17, 15) is 4.79 Å². The third-order valence-electron chi connectivity index (χ3n) is 2.51. The van der Waals surface area contributed by atoms with Crippen molar-refractivity contribution in [1.29, 1.82) is 0 Å². The number of carbonyl (C=O) groups is 1. The Bertz CT molecular complexity index is 225. The molecule has 1 aliphatic rings. The number of hydrogen-bond acceptors (Lipinski definition) is 1. The van der Waals surface area contributed by atoms with Crippen LogP contribution in [-0.2, 0) is 4.79 Å². The molecule has 0 spiro atoms. The van der Waals surface area contributed by atoms with Crippen molar-refractivity contribution in [3.8, 4) is 0 Å². The van der Waals surface area contributed by atoms with E-state index in [1.165, 1.54) is 0 Å². The van der Waals surface area contributed by atoms with Crippen LogP contribution in [0.1, 0.15) is 33.1 Å². The SMILES string of the molecule is CC=CC(=O)C1(C)CC=CCC1. The van der Waals surface area contributed by atoms with Crippen molar-refractivity contribution in [3.63, 3.8) is 0 Å². The summed E-state index contributed by atoms with van der Waals surface area (Å²) < 4.78 is 0. The lowest BCUT2D eigenvalue weighted by atomic mass is 9.75. The predicted molar refractivity (Wildman–Crippen MR) is 50.9 cm³/mol. The fraction of sp³-hybridized carbons (Fsp3) is 0.545. The Hall–Kier alpha value is -0.850. The molecule has 0 aliphatic heterocycles. The predicted octanol–water partition coefficient (Wildman–Crippen LogP) is 2.88. The summed E-state index contributed by atoms with van der Waals surface area (Å²) in [4.78, 5) is 11.6. The zero-order chi connectivity index (χ0) is 9.03. The van der Waals surface area contributed by atoms with Crippen molar-refractivity contribution in [3.05, 3.63) is 24.3 Å². The van der Waals surface area contributed by atoms with Crippen LogP contribution in [0.4, 0.5) is 0 Å². The molecule has 1 aliphatic carbocycles. The van der Waals surface area contributed by atoms with Gasteiger partial charge in [0.25, 0.3) is 0 Å². The third kappa shape index (κ3) is 1.84. The molecule has 0 amide bonds. The minimum absolute atomic E-state index is 0.124. The van der Waals surface area contributed by atoms with Gasteiger partial charge in [-0.25, -0.2) is 0 Å². The van der Waals surface area contributed by atoms with Crippen LogP contribution in [0, 0.1) is 5.41 Å². The molecule has 0 heterocycles. The highest BCUT2D eigenvalue weighted by Gasteiger charge is 2.30. The summed E-state index contributed by atoms with van der Waals surface area (Å²) in [5, 5.41) is 0. The number of rotatable bonds is 2. The van der Waals surface area contributed by atoms with Gasteiger partial charge in [-0.05, 0) is 32.3 Å². The highest BCUT2D eigenvalue weighted by molar-refractivity contribution is 5.94. The fourth-order valence-electron chi connectivity index (χ4n) is 1.54. The molecule has 0 aromatic rings. The molecular formula is C11H16O. The summed E-state index contributed by atoms with van der Waals surface area (Å²) in [7, 11) is 0. The smallest absolute Gasteiger partial charge is 0.161 e. The first-order chi connectivity index (χ1) is 5.69. The average molecular weight is 164 g/mol. The molecule has 0 N–H and O–H groups in total. The van der Waals surface area contributed by atoms with Gasteiger partial charge in [0, 0.05) is 5.41 Å². The minimum Gasteiger partial charge on any atom is -0.294 e. The van der Waals surface area contributed by atoms with E-state index in [1.807, 2.05) is 13.0 Å². The van der Waals surface area contributed by atoms with E-state index in [0.29, 0.717) is 0 Å². The number of hydrogen-bond donors (Lipinski definition) is 0. The van der Waals surface area contributed by atoms with Crippen LogP contribution in [0.15, 0.2) is 24.3 Å². The van der Waals surface area contributed by atoms with Crippen LogP contribution in [0.2, 0.25) is 0 Å². The van der Waals surface area contributed by atoms with E-state index in [1.54, 1.807) is 6.08 Å². The zero-order valence-corrected chi connectivity index (χ0v) is 7.84. The fourth-order valence-corrected chi connectivity index (χ4v) is 1.54. The van der Waals surface area contributed by atoms with Crippen molar-refractivity contribution < 1.29 is 4.79 Å². The lowest BCUT2D eigenvalue weighted by molar-refractivity contribution is -0.123. The van der Waals surface area contributed by atoms with Crippen LogP contribution in [0.5, 0.6) is 0 Å². The maximum atomic E-state index is 11.6. The van der Waals surface area contributed by atoms with Crippen molar-refractivity contribution in [2.24, 2.45) is 5.41 Å². The van der Waals surface area contributed by atoms with Gasteiger partial charge in [0.1, 0.15) is 0 Å². The molecule has 0 saturated heterocycles.